The van der Waals surface area contributed by atoms with Gasteiger partial charge in [-0.1, -0.05) is 12.1 Å². The lowest BCUT2D eigenvalue weighted by Crippen LogP contribution is -2.39. The van der Waals surface area contributed by atoms with Crippen molar-refractivity contribution in [1.29, 1.82) is 0 Å². The fraction of sp³-hybridized carbons (Fsp3) is 0.0769. The van der Waals surface area contributed by atoms with E-state index in [1.807, 2.05) is 12.1 Å². The van der Waals surface area contributed by atoms with E-state index in [1.165, 1.54) is 4.90 Å². The Morgan fingerprint density at radius 2 is 2.16 bits per heavy atom. The molecule has 1 aliphatic heterocycles. The maximum absolute atomic E-state index is 12.3. The van der Waals surface area contributed by atoms with Crippen molar-refractivity contribution in [3.63, 3.8) is 0 Å². The summed E-state index contributed by atoms with van der Waals surface area (Å²) in [5.74, 6) is -1.58. The van der Waals surface area contributed by atoms with Crippen LogP contribution in [0.2, 0.25) is 0 Å². The fourth-order valence-corrected chi connectivity index (χ4v) is 4.18. The van der Waals surface area contributed by atoms with Gasteiger partial charge in [0.05, 0.1) is 18.2 Å². The number of carbonyl (C=O) groups is 2. The first-order valence-corrected chi connectivity index (χ1v) is 7.30. The van der Waals surface area contributed by atoms with Gasteiger partial charge in [0.1, 0.15) is 0 Å². The van der Waals surface area contributed by atoms with Crippen LogP contribution in [0.25, 0.3) is 10.8 Å². The van der Waals surface area contributed by atoms with Crippen molar-refractivity contribution in [2.45, 2.75) is 0 Å². The maximum Gasteiger partial charge on any atom is 0.259 e. The van der Waals surface area contributed by atoms with Gasteiger partial charge < -0.3 is 14.8 Å². The Morgan fingerprint density at radius 1 is 1.42 bits per heavy atom. The van der Waals surface area contributed by atoms with Gasteiger partial charge in [0.15, 0.2) is 0 Å². The van der Waals surface area contributed by atoms with Crippen molar-refractivity contribution in [2.75, 3.05) is 11.4 Å². The number of amides is 1. The van der Waals surface area contributed by atoms with Gasteiger partial charge in [-0.25, -0.2) is 0 Å². The topological polar surface area (TPSA) is 60.4 Å². The van der Waals surface area contributed by atoms with E-state index in [4.69, 9.17) is 0 Å². The number of hydrogen-bond acceptors (Lipinski definition) is 3. The molecule has 0 atom stereocenters. The molecular weight excluding hydrogens is 425 g/mol. The molecule has 0 fully saturated rings. The van der Waals surface area contributed by atoms with E-state index < -0.39 is 12.5 Å². The third-order valence-electron chi connectivity index (χ3n) is 3.07. The van der Waals surface area contributed by atoms with Crippen LogP contribution in [0.3, 0.4) is 0 Å². The third-order valence-corrected chi connectivity index (χ3v) is 4.57. The number of halogens is 2. The highest BCUT2D eigenvalue weighted by atomic mass is 127. The minimum absolute atomic E-state index is 0.299. The SMILES string of the molecule is O=C([O-])CN1C(=O)c2cccc3c(I)cc(Br)c1c23. The van der Waals surface area contributed by atoms with Crippen LogP contribution < -0.4 is 10.0 Å². The molecule has 0 unspecified atom stereocenters. The number of benzene rings is 2. The molecule has 0 radical (unpaired) electrons. The van der Waals surface area contributed by atoms with Crippen LogP contribution in [0.15, 0.2) is 28.7 Å². The average Bonchev–Trinajstić information content (AvgIpc) is 2.61. The summed E-state index contributed by atoms with van der Waals surface area (Å²) in [4.78, 5) is 24.4. The highest BCUT2D eigenvalue weighted by Crippen LogP contribution is 2.43. The van der Waals surface area contributed by atoms with Crippen LogP contribution in [0, 0.1) is 3.57 Å². The second kappa shape index (κ2) is 4.45. The first-order chi connectivity index (χ1) is 9.00. The Kier molecular flexibility index (Phi) is 3.01. The summed E-state index contributed by atoms with van der Waals surface area (Å²) >= 11 is 5.60. The summed E-state index contributed by atoms with van der Waals surface area (Å²) in [6.07, 6.45) is 0. The summed E-state index contributed by atoms with van der Waals surface area (Å²) in [7, 11) is 0. The molecule has 0 aliphatic carbocycles. The van der Waals surface area contributed by atoms with Crippen molar-refractivity contribution >= 4 is 66.9 Å². The van der Waals surface area contributed by atoms with Gasteiger partial charge in [0, 0.05) is 19.0 Å². The zero-order chi connectivity index (χ0) is 13.7. The number of nitrogens with zero attached hydrogens (tertiary/aromatic N) is 1. The molecule has 1 heterocycles. The number of carboxylic acid groups (broad SMARTS) is 1. The minimum atomic E-state index is -1.28. The van der Waals surface area contributed by atoms with E-state index in [0.29, 0.717) is 15.7 Å². The maximum atomic E-state index is 12.3. The molecule has 2 aromatic rings. The van der Waals surface area contributed by atoms with Crippen LogP contribution in [0.5, 0.6) is 0 Å². The first kappa shape index (κ1) is 12.9. The highest BCUT2D eigenvalue weighted by Gasteiger charge is 2.32. The van der Waals surface area contributed by atoms with Crippen LogP contribution in [0.4, 0.5) is 5.69 Å². The number of anilines is 1. The number of carboxylic acids is 1. The molecule has 1 amide bonds. The Bertz CT molecular complexity index is 744. The quantitative estimate of drug-likeness (QED) is 0.684. The first-order valence-electron chi connectivity index (χ1n) is 5.43. The lowest BCUT2D eigenvalue weighted by atomic mass is 10.1. The van der Waals surface area contributed by atoms with Crippen LogP contribution in [0.1, 0.15) is 10.4 Å². The molecule has 2 aromatic carbocycles. The third kappa shape index (κ3) is 1.85. The van der Waals surface area contributed by atoms with Crippen molar-refractivity contribution < 1.29 is 14.7 Å². The fourth-order valence-electron chi connectivity index (χ4n) is 2.35. The number of hydrogen-bond donors (Lipinski definition) is 0. The predicted molar refractivity (Wildman–Crippen MR) is 81.0 cm³/mol. The van der Waals surface area contributed by atoms with Gasteiger partial charge in [-0.15, -0.1) is 0 Å². The van der Waals surface area contributed by atoms with E-state index in [1.54, 1.807) is 12.1 Å². The summed E-state index contributed by atoms with van der Waals surface area (Å²) in [6.45, 7) is -0.443. The smallest absolute Gasteiger partial charge is 0.259 e. The zero-order valence-corrected chi connectivity index (χ0v) is 13.2. The average molecular weight is 431 g/mol. The molecule has 3 rings (SSSR count). The lowest BCUT2D eigenvalue weighted by molar-refractivity contribution is -0.303. The van der Waals surface area contributed by atoms with Crippen LogP contribution in [-0.2, 0) is 4.79 Å². The van der Waals surface area contributed by atoms with E-state index in [-0.39, 0.29) is 5.91 Å². The van der Waals surface area contributed by atoms with Gasteiger partial charge >= 0.3 is 0 Å². The Labute approximate surface area is 130 Å². The number of carbonyl (C=O) groups excluding carboxylic acids is 2. The van der Waals surface area contributed by atoms with Gasteiger partial charge in [-0.3, -0.25) is 4.79 Å². The number of aliphatic carboxylic acids is 1. The van der Waals surface area contributed by atoms with Crippen molar-refractivity contribution in [2.24, 2.45) is 0 Å². The second-order valence-electron chi connectivity index (χ2n) is 4.18. The molecule has 0 bridgehead atoms. The standard InChI is InChI=1S/C13H7BrINO3/c14-8-4-9(15)6-2-1-3-7-11(6)12(8)16(13(7)19)5-10(17)18/h1-4H,5H2,(H,17,18)/p-1. The van der Waals surface area contributed by atoms with Crippen molar-refractivity contribution in [3.05, 3.63) is 37.9 Å². The lowest BCUT2D eigenvalue weighted by Gasteiger charge is -2.19. The molecule has 0 aromatic heterocycles. The van der Waals surface area contributed by atoms with E-state index in [0.717, 1.165) is 14.3 Å². The monoisotopic (exact) mass is 430 g/mol. The summed E-state index contributed by atoms with van der Waals surface area (Å²) in [5, 5.41) is 12.6. The molecule has 19 heavy (non-hydrogen) atoms. The molecular formula is C13H6BrINO3-. The molecule has 0 N–H and O–H groups in total. The van der Waals surface area contributed by atoms with Crippen molar-refractivity contribution in [3.8, 4) is 0 Å². The minimum Gasteiger partial charge on any atom is -0.548 e. The molecule has 0 spiro atoms. The van der Waals surface area contributed by atoms with Gasteiger partial charge in [0.25, 0.3) is 5.91 Å². The van der Waals surface area contributed by atoms with Gasteiger partial charge in [-0.05, 0) is 56.0 Å². The molecule has 4 nitrogen and oxygen atoms in total. The Balaban J connectivity index is 2.37. The van der Waals surface area contributed by atoms with E-state index in [2.05, 4.69) is 38.5 Å². The molecule has 0 saturated carbocycles. The summed E-state index contributed by atoms with van der Waals surface area (Å²) < 4.78 is 1.72. The Morgan fingerprint density at radius 3 is 2.84 bits per heavy atom. The largest absolute Gasteiger partial charge is 0.548 e. The Hall–Kier alpha value is -1.15. The predicted octanol–water partition coefficient (Wildman–Crippen LogP) is 1.92. The highest BCUT2D eigenvalue weighted by molar-refractivity contribution is 14.1. The molecule has 0 saturated heterocycles. The molecule has 96 valence electrons. The van der Waals surface area contributed by atoms with Crippen LogP contribution >= 0.6 is 38.5 Å². The zero-order valence-electron chi connectivity index (χ0n) is 9.44. The normalized spacial score (nSPS) is 13.4. The number of rotatable bonds is 2. The molecule has 1 aliphatic rings. The summed E-state index contributed by atoms with van der Waals surface area (Å²) in [6, 6.07) is 7.32. The van der Waals surface area contributed by atoms with E-state index >= 15 is 0 Å². The second-order valence-corrected chi connectivity index (χ2v) is 6.20. The van der Waals surface area contributed by atoms with Crippen molar-refractivity contribution in [1.82, 2.24) is 0 Å². The van der Waals surface area contributed by atoms with Crippen LogP contribution in [-0.4, -0.2) is 18.4 Å². The molecule has 6 heteroatoms. The summed E-state index contributed by atoms with van der Waals surface area (Å²) in [5.41, 5.74) is 1.15. The van der Waals surface area contributed by atoms with Gasteiger partial charge in [-0.2, -0.15) is 0 Å². The van der Waals surface area contributed by atoms with E-state index in [9.17, 15) is 14.7 Å². The van der Waals surface area contributed by atoms with Gasteiger partial charge in [0.2, 0.25) is 0 Å².